The molecule has 0 spiro atoms. The van der Waals surface area contributed by atoms with Crippen LogP contribution in [0.4, 0.5) is 18.9 Å². The van der Waals surface area contributed by atoms with E-state index in [0.29, 0.717) is 13.0 Å². The molecule has 4 nitrogen and oxygen atoms in total. The first-order chi connectivity index (χ1) is 12.7. The molecule has 0 aliphatic heterocycles. The molecule has 2 amide bonds. The first-order valence-electron chi connectivity index (χ1n) is 8.55. The van der Waals surface area contributed by atoms with Crippen molar-refractivity contribution in [2.24, 2.45) is 11.8 Å². The van der Waals surface area contributed by atoms with E-state index < -0.39 is 29.5 Å². The molecule has 2 aromatic carbocycles. The van der Waals surface area contributed by atoms with Crippen molar-refractivity contribution in [3.8, 4) is 0 Å². The molecule has 2 N–H and O–H groups in total. The summed E-state index contributed by atoms with van der Waals surface area (Å²) in [7, 11) is 0. The van der Waals surface area contributed by atoms with Crippen molar-refractivity contribution in [1.29, 1.82) is 0 Å². The van der Waals surface area contributed by atoms with Crippen LogP contribution in [-0.4, -0.2) is 11.8 Å². The molecular formula is C20H19F3N2O2. The number of amides is 2. The standard InChI is InChI=1S/C20H19F3N2O2/c1-12-4-2-5-13(8-12)11-24-18(26)16-10-17(16)19(27)25-15-7-3-6-14(9-15)20(21,22)23/h2-9,16-17H,10-11H2,1H3,(H,24,26)(H,25,27). The second-order valence-corrected chi connectivity index (χ2v) is 6.72. The van der Waals surface area contributed by atoms with Crippen molar-refractivity contribution in [3.63, 3.8) is 0 Å². The summed E-state index contributed by atoms with van der Waals surface area (Å²) in [6.07, 6.45) is -4.08. The van der Waals surface area contributed by atoms with Crippen LogP contribution in [0.15, 0.2) is 48.5 Å². The highest BCUT2D eigenvalue weighted by atomic mass is 19.4. The second kappa shape index (κ2) is 7.42. The first kappa shape index (κ1) is 18.9. The van der Waals surface area contributed by atoms with Crippen LogP contribution in [0.1, 0.15) is 23.1 Å². The lowest BCUT2D eigenvalue weighted by Gasteiger charge is -2.10. The van der Waals surface area contributed by atoms with E-state index >= 15 is 0 Å². The van der Waals surface area contributed by atoms with Crippen molar-refractivity contribution in [2.45, 2.75) is 26.1 Å². The number of aryl methyl sites for hydroxylation is 1. The Hall–Kier alpha value is -2.83. The van der Waals surface area contributed by atoms with Gasteiger partial charge in [-0.1, -0.05) is 35.9 Å². The van der Waals surface area contributed by atoms with Gasteiger partial charge in [0.15, 0.2) is 0 Å². The summed E-state index contributed by atoms with van der Waals surface area (Å²) in [5.41, 5.74) is 1.30. The number of halogens is 3. The maximum atomic E-state index is 12.7. The Morgan fingerprint density at radius 2 is 1.74 bits per heavy atom. The van der Waals surface area contributed by atoms with E-state index in [-0.39, 0.29) is 11.6 Å². The third kappa shape index (κ3) is 4.87. The Labute approximate surface area is 154 Å². The smallest absolute Gasteiger partial charge is 0.352 e. The van der Waals surface area contributed by atoms with E-state index in [2.05, 4.69) is 10.6 Å². The van der Waals surface area contributed by atoms with Gasteiger partial charge in [-0.2, -0.15) is 13.2 Å². The van der Waals surface area contributed by atoms with Gasteiger partial charge in [0.05, 0.1) is 17.4 Å². The quantitative estimate of drug-likeness (QED) is 0.831. The topological polar surface area (TPSA) is 58.2 Å². The number of benzene rings is 2. The fourth-order valence-corrected chi connectivity index (χ4v) is 2.93. The zero-order valence-electron chi connectivity index (χ0n) is 14.6. The summed E-state index contributed by atoms with van der Waals surface area (Å²) < 4.78 is 38.2. The van der Waals surface area contributed by atoms with Crippen LogP contribution in [0.25, 0.3) is 0 Å². The van der Waals surface area contributed by atoms with Gasteiger partial charge in [0.2, 0.25) is 11.8 Å². The third-order valence-corrected chi connectivity index (χ3v) is 4.47. The normalized spacial score (nSPS) is 18.7. The largest absolute Gasteiger partial charge is 0.416 e. The number of hydrogen-bond donors (Lipinski definition) is 2. The van der Waals surface area contributed by atoms with Crippen LogP contribution in [0.3, 0.4) is 0 Å². The summed E-state index contributed by atoms with van der Waals surface area (Å²) >= 11 is 0. The molecule has 7 heteroatoms. The second-order valence-electron chi connectivity index (χ2n) is 6.72. The fraction of sp³-hybridized carbons (Fsp3) is 0.300. The van der Waals surface area contributed by atoms with Crippen molar-refractivity contribution in [2.75, 3.05) is 5.32 Å². The molecular weight excluding hydrogens is 357 g/mol. The molecule has 1 aliphatic rings. The summed E-state index contributed by atoms with van der Waals surface area (Å²) in [5, 5.41) is 5.26. The molecule has 0 aromatic heterocycles. The molecule has 27 heavy (non-hydrogen) atoms. The molecule has 2 aromatic rings. The number of alkyl halides is 3. The maximum absolute atomic E-state index is 12.7. The molecule has 3 rings (SSSR count). The summed E-state index contributed by atoms with van der Waals surface area (Å²) in [5.74, 6) is -1.62. The Morgan fingerprint density at radius 1 is 1.04 bits per heavy atom. The third-order valence-electron chi connectivity index (χ3n) is 4.47. The molecule has 2 unspecified atom stereocenters. The molecule has 2 atom stereocenters. The van der Waals surface area contributed by atoms with E-state index in [9.17, 15) is 22.8 Å². The molecule has 0 heterocycles. The van der Waals surface area contributed by atoms with Crippen LogP contribution in [0.2, 0.25) is 0 Å². The van der Waals surface area contributed by atoms with Gasteiger partial charge >= 0.3 is 6.18 Å². The molecule has 1 saturated carbocycles. The van der Waals surface area contributed by atoms with E-state index in [1.54, 1.807) is 0 Å². The average molecular weight is 376 g/mol. The molecule has 0 saturated heterocycles. The van der Waals surface area contributed by atoms with Crippen LogP contribution < -0.4 is 10.6 Å². The van der Waals surface area contributed by atoms with Gasteiger partial charge in [-0.05, 0) is 37.1 Å². The summed E-state index contributed by atoms with van der Waals surface area (Å²) in [6, 6.07) is 12.2. The Bertz CT molecular complexity index is 864. The van der Waals surface area contributed by atoms with Gasteiger partial charge in [-0.15, -0.1) is 0 Å². The van der Waals surface area contributed by atoms with Crippen molar-refractivity contribution in [3.05, 3.63) is 65.2 Å². The number of carbonyl (C=O) groups is 2. The monoisotopic (exact) mass is 376 g/mol. The highest BCUT2D eigenvalue weighted by Gasteiger charge is 2.48. The number of rotatable bonds is 5. The highest BCUT2D eigenvalue weighted by Crippen LogP contribution is 2.40. The Balaban J connectivity index is 1.52. The van der Waals surface area contributed by atoms with Gasteiger partial charge < -0.3 is 10.6 Å². The van der Waals surface area contributed by atoms with Crippen molar-refractivity contribution < 1.29 is 22.8 Å². The zero-order chi connectivity index (χ0) is 19.6. The maximum Gasteiger partial charge on any atom is 0.416 e. The lowest BCUT2D eigenvalue weighted by Crippen LogP contribution is -2.27. The Morgan fingerprint density at radius 3 is 2.44 bits per heavy atom. The van der Waals surface area contributed by atoms with Crippen LogP contribution >= 0.6 is 0 Å². The van der Waals surface area contributed by atoms with Crippen LogP contribution in [-0.2, 0) is 22.3 Å². The molecule has 0 radical (unpaired) electrons. The van der Waals surface area contributed by atoms with Crippen LogP contribution in [0.5, 0.6) is 0 Å². The first-order valence-corrected chi connectivity index (χ1v) is 8.55. The number of nitrogens with one attached hydrogen (secondary N) is 2. The van der Waals surface area contributed by atoms with Gasteiger partial charge in [-0.25, -0.2) is 0 Å². The molecule has 1 fully saturated rings. The average Bonchev–Trinajstić information content (AvgIpc) is 3.40. The zero-order valence-corrected chi connectivity index (χ0v) is 14.6. The fourth-order valence-electron chi connectivity index (χ4n) is 2.93. The van der Waals surface area contributed by atoms with E-state index in [4.69, 9.17) is 0 Å². The van der Waals surface area contributed by atoms with Crippen LogP contribution in [0, 0.1) is 18.8 Å². The number of carbonyl (C=O) groups excluding carboxylic acids is 2. The van der Waals surface area contributed by atoms with Gasteiger partial charge in [0.1, 0.15) is 0 Å². The summed E-state index contributed by atoms with van der Waals surface area (Å²) in [6.45, 7) is 2.33. The van der Waals surface area contributed by atoms with Gasteiger partial charge in [0, 0.05) is 12.2 Å². The minimum absolute atomic E-state index is 0.0700. The van der Waals surface area contributed by atoms with E-state index in [0.717, 1.165) is 23.3 Å². The molecule has 0 bridgehead atoms. The number of hydrogen-bond acceptors (Lipinski definition) is 2. The van der Waals surface area contributed by atoms with E-state index in [1.165, 1.54) is 12.1 Å². The van der Waals surface area contributed by atoms with Gasteiger partial charge in [-0.3, -0.25) is 9.59 Å². The van der Waals surface area contributed by atoms with E-state index in [1.807, 2.05) is 31.2 Å². The minimum atomic E-state index is -4.47. The predicted molar refractivity (Wildman–Crippen MR) is 94.7 cm³/mol. The van der Waals surface area contributed by atoms with Gasteiger partial charge in [0.25, 0.3) is 0 Å². The highest BCUT2D eigenvalue weighted by molar-refractivity contribution is 5.99. The SMILES string of the molecule is Cc1cccc(CNC(=O)C2CC2C(=O)Nc2cccc(C(F)(F)F)c2)c1. The van der Waals surface area contributed by atoms with Crippen molar-refractivity contribution >= 4 is 17.5 Å². The summed E-state index contributed by atoms with van der Waals surface area (Å²) in [4.78, 5) is 24.4. The minimum Gasteiger partial charge on any atom is -0.352 e. The Kier molecular flexibility index (Phi) is 5.21. The number of anilines is 1. The predicted octanol–water partition coefficient (Wildman–Crippen LogP) is 3.90. The molecule has 1 aliphatic carbocycles. The lowest BCUT2D eigenvalue weighted by atomic mass is 10.1. The molecule has 142 valence electrons. The lowest BCUT2D eigenvalue weighted by molar-refractivity contribution is -0.137. The van der Waals surface area contributed by atoms with Crippen molar-refractivity contribution in [1.82, 2.24) is 5.32 Å².